The summed E-state index contributed by atoms with van der Waals surface area (Å²) in [5, 5.41) is 8.90. The molecule has 3 heteroatoms. The van der Waals surface area contributed by atoms with Gasteiger partial charge in [-0.05, 0) is 32.1 Å². The zero-order valence-electron chi connectivity index (χ0n) is 17.0. The van der Waals surface area contributed by atoms with Crippen molar-refractivity contribution in [2.24, 2.45) is 5.92 Å². The van der Waals surface area contributed by atoms with Gasteiger partial charge < -0.3 is 9.59 Å². The second kappa shape index (κ2) is 14.7. The molecule has 1 unspecified atom stereocenters. The van der Waals surface area contributed by atoms with Gasteiger partial charge in [-0.15, -0.1) is 0 Å². The summed E-state index contributed by atoms with van der Waals surface area (Å²) in [6.45, 7) is 6.51. The molecule has 0 rings (SSSR count). The van der Waals surface area contributed by atoms with Crippen molar-refractivity contribution in [3.8, 4) is 0 Å². The molecular formula is C21H44NO2+. The van der Waals surface area contributed by atoms with Crippen LogP contribution in [0.5, 0.6) is 0 Å². The fourth-order valence-electron chi connectivity index (χ4n) is 3.25. The molecule has 1 N–H and O–H groups in total. The quantitative estimate of drug-likeness (QED) is 0.265. The van der Waals surface area contributed by atoms with Crippen molar-refractivity contribution in [2.75, 3.05) is 27.2 Å². The van der Waals surface area contributed by atoms with Crippen molar-refractivity contribution in [1.29, 1.82) is 0 Å². The fourth-order valence-corrected chi connectivity index (χ4v) is 3.25. The van der Waals surface area contributed by atoms with Crippen molar-refractivity contribution in [3.05, 3.63) is 0 Å². The van der Waals surface area contributed by atoms with Crippen molar-refractivity contribution in [2.45, 2.75) is 97.3 Å². The summed E-state index contributed by atoms with van der Waals surface area (Å²) in [4.78, 5) is 10.8. The van der Waals surface area contributed by atoms with Crippen LogP contribution in [-0.2, 0) is 4.79 Å². The van der Waals surface area contributed by atoms with Crippen molar-refractivity contribution < 1.29 is 14.4 Å². The fraction of sp³-hybridized carbons (Fsp3) is 0.952. The predicted molar refractivity (Wildman–Crippen MR) is 104 cm³/mol. The molecule has 0 bridgehead atoms. The molecule has 0 spiro atoms. The Kier molecular flexibility index (Phi) is 14.4. The van der Waals surface area contributed by atoms with Crippen LogP contribution in [-0.4, -0.2) is 42.7 Å². The maximum Gasteiger partial charge on any atom is 0.306 e. The largest absolute Gasteiger partial charge is 0.481 e. The lowest BCUT2D eigenvalue weighted by atomic mass is 10.0. The van der Waals surface area contributed by atoms with E-state index in [2.05, 4.69) is 21.0 Å². The van der Waals surface area contributed by atoms with Crippen LogP contribution >= 0.6 is 0 Å². The number of unbranched alkanes of at least 4 members (excludes halogenated alkanes) is 10. The number of nitrogens with zero attached hydrogens (tertiary/aromatic N) is 1. The molecule has 3 nitrogen and oxygen atoms in total. The van der Waals surface area contributed by atoms with Crippen LogP contribution in [0.2, 0.25) is 0 Å². The van der Waals surface area contributed by atoms with Crippen LogP contribution in [0.25, 0.3) is 0 Å². The van der Waals surface area contributed by atoms with E-state index in [0.29, 0.717) is 0 Å². The number of carbonyl (C=O) groups is 1. The van der Waals surface area contributed by atoms with E-state index in [1.165, 1.54) is 77.3 Å². The molecule has 1 atom stereocenters. The highest BCUT2D eigenvalue weighted by Crippen LogP contribution is 2.13. The maximum absolute atomic E-state index is 10.8. The van der Waals surface area contributed by atoms with Gasteiger partial charge in [0.15, 0.2) is 0 Å². The second-order valence-corrected chi connectivity index (χ2v) is 8.30. The highest BCUT2D eigenvalue weighted by molar-refractivity contribution is 5.69. The summed E-state index contributed by atoms with van der Waals surface area (Å²) in [6.07, 6.45) is 16.9. The summed E-state index contributed by atoms with van der Waals surface area (Å²) >= 11 is 0. The summed E-state index contributed by atoms with van der Waals surface area (Å²) in [5.74, 6) is -0.850. The minimum Gasteiger partial charge on any atom is -0.481 e. The van der Waals surface area contributed by atoms with E-state index in [9.17, 15) is 4.79 Å². The molecule has 0 fully saturated rings. The Morgan fingerprint density at radius 1 is 0.792 bits per heavy atom. The third-order valence-electron chi connectivity index (χ3n) is 5.19. The zero-order chi connectivity index (χ0) is 18.3. The molecule has 0 amide bonds. The number of aliphatic carboxylic acids is 1. The first-order valence-electron chi connectivity index (χ1n) is 10.4. The van der Waals surface area contributed by atoms with Gasteiger partial charge in [-0.1, -0.05) is 65.2 Å². The Balaban J connectivity index is 3.45. The molecule has 0 aliphatic carbocycles. The summed E-state index contributed by atoms with van der Waals surface area (Å²) in [5.41, 5.74) is 0. The topological polar surface area (TPSA) is 37.3 Å². The third-order valence-corrected chi connectivity index (χ3v) is 5.19. The van der Waals surface area contributed by atoms with Gasteiger partial charge in [-0.3, -0.25) is 4.79 Å². The van der Waals surface area contributed by atoms with Gasteiger partial charge in [-0.2, -0.15) is 0 Å². The first kappa shape index (κ1) is 23.4. The molecule has 0 radical (unpaired) electrons. The number of carboxylic acids is 1. The first-order chi connectivity index (χ1) is 11.4. The molecule has 0 aliphatic heterocycles. The molecule has 0 aromatic rings. The average Bonchev–Trinajstić information content (AvgIpc) is 2.53. The lowest BCUT2D eigenvalue weighted by Gasteiger charge is -2.30. The van der Waals surface area contributed by atoms with E-state index < -0.39 is 5.97 Å². The van der Waals surface area contributed by atoms with E-state index in [1.807, 2.05) is 6.92 Å². The van der Waals surface area contributed by atoms with Gasteiger partial charge in [0.25, 0.3) is 0 Å². The van der Waals surface area contributed by atoms with Gasteiger partial charge in [0.05, 0.1) is 33.1 Å². The highest BCUT2D eigenvalue weighted by Gasteiger charge is 2.15. The summed E-state index contributed by atoms with van der Waals surface area (Å²) in [6, 6.07) is 0. The van der Waals surface area contributed by atoms with Gasteiger partial charge in [0.1, 0.15) is 0 Å². The minimum atomic E-state index is -0.658. The zero-order valence-corrected chi connectivity index (χ0v) is 17.0. The van der Waals surface area contributed by atoms with Crippen molar-refractivity contribution >= 4 is 5.97 Å². The standard InChI is InChI=1S/C21H43NO2/c1-5-6-7-8-9-10-11-12-13-15-18-22(3,4)19-16-14-17-20(2)21(23)24/h20H,5-19H2,1-4H3/p+1. The maximum atomic E-state index is 10.8. The highest BCUT2D eigenvalue weighted by atomic mass is 16.4. The van der Waals surface area contributed by atoms with Crippen LogP contribution < -0.4 is 0 Å². The van der Waals surface area contributed by atoms with Crippen LogP contribution in [0.3, 0.4) is 0 Å². The van der Waals surface area contributed by atoms with Crippen molar-refractivity contribution in [3.63, 3.8) is 0 Å². The number of carboxylic acid groups (broad SMARTS) is 1. The van der Waals surface area contributed by atoms with Crippen LogP contribution in [0.4, 0.5) is 0 Å². The molecule has 0 heterocycles. The Bertz CT molecular complexity index is 302. The number of hydrogen-bond acceptors (Lipinski definition) is 1. The van der Waals surface area contributed by atoms with Crippen LogP contribution in [0.15, 0.2) is 0 Å². The molecule has 0 aromatic carbocycles. The lowest BCUT2D eigenvalue weighted by molar-refractivity contribution is -0.890. The Labute approximate surface area is 151 Å². The van der Waals surface area contributed by atoms with Crippen LogP contribution in [0.1, 0.15) is 97.3 Å². The van der Waals surface area contributed by atoms with E-state index in [1.54, 1.807) is 0 Å². The van der Waals surface area contributed by atoms with Gasteiger partial charge in [0, 0.05) is 0 Å². The minimum absolute atomic E-state index is 0.192. The average molecular weight is 343 g/mol. The Morgan fingerprint density at radius 3 is 1.67 bits per heavy atom. The van der Waals surface area contributed by atoms with Crippen molar-refractivity contribution in [1.82, 2.24) is 0 Å². The molecule has 0 aliphatic rings. The van der Waals surface area contributed by atoms with E-state index >= 15 is 0 Å². The molecular weight excluding hydrogens is 298 g/mol. The van der Waals surface area contributed by atoms with Gasteiger partial charge in [0.2, 0.25) is 0 Å². The van der Waals surface area contributed by atoms with Crippen LogP contribution in [0, 0.1) is 5.92 Å². The molecule has 0 aromatic heterocycles. The SMILES string of the molecule is CCCCCCCCCCCC[N+](C)(C)CCCCC(C)C(=O)O. The smallest absolute Gasteiger partial charge is 0.306 e. The van der Waals surface area contributed by atoms with E-state index in [-0.39, 0.29) is 5.92 Å². The number of rotatable bonds is 17. The molecule has 0 saturated carbocycles. The second-order valence-electron chi connectivity index (χ2n) is 8.30. The lowest BCUT2D eigenvalue weighted by Crippen LogP contribution is -2.41. The molecule has 0 saturated heterocycles. The Hall–Kier alpha value is -0.570. The van der Waals surface area contributed by atoms with E-state index in [0.717, 1.165) is 23.7 Å². The molecule has 144 valence electrons. The number of quaternary nitrogens is 1. The first-order valence-corrected chi connectivity index (χ1v) is 10.4. The summed E-state index contributed by atoms with van der Waals surface area (Å²) in [7, 11) is 4.63. The Morgan fingerprint density at radius 2 is 1.21 bits per heavy atom. The monoisotopic (exact) mass is 342 g/mol. The molecule has 24 heavy (non-hydrogen) atoms. The normalized spacial score (nSPS) is 13.2. The predicted octanol–water partition coefficient (Wildman–Crippen LogP) is 5.87. The van der Waals surface area contributed by atoms with Gasteiger partial charge in [-0.25, -0.2) is 0 Å². The van der Waals surface area contributed by atoms with E-state index in [4.69, 9.17) is 5.11 Å². The summed E-state index contributed by atoms with van der Waals surface area (Å²) < 4.78 is 1.08. The third kappa shape index (κ3) is 15.0. The number of hydrogen-bond donors (Lipinski definition) is 1. The van der Waals surface area contributed by atoms with Gasteiger partial charge >= 0.3 is 5.97 Å².